The molecule has 1 rings (SSSR count). The molecule has 0 radical (unpaired) electrons. The van der Waals surface area contributed by atoms with Crippen LogP contribution in [0.25, 0.3) is 0 Å². The second-order valence-electron chi connectivity index (χ2n) is 5.09. The summed E-state index contributed by atoms with van der Waals surface area (Å²) in [5.74, 6) is -0.156. The predicted octanol–water partition coefficient (Wildman–Crippen LogP) is 1.40. The van der Waals surface area contributed by atoms with Gasteiger partial charge < -0.3 is 15.0 Å². The Morgan fingerprint density at radius 3 is 2.53 bits per heavy atom. The lowest BCUT2D eigenvalue weighted by atomic mass is 9.99. The highest BCUT2D eigenvalue weighted by atomic mass is 16.5. The predicted molar refractivity (Wildman–Crippen MR) is 69.0 cm³/mol. The van der Waals surface area contributed by atoms with Gasteiger partial charge in [0.25, 0.3) is 0 Å². The minimum Gasteiger partial charge on any atom is -0.468 e. The van der Waals surface area contributed by atoms with E-state index in [1.54, 1.807) is 0 Å². The lowest BCUT2D eigenvalue weighted by Gasteiger charge is -2.36. The van der Waals surface area contributed by atoms with Crippen LogP contribution in [0.2, 0.25) is 0 Å². The van der Waals surface area contributed by atoms with Crippen molar-refractivity contribution in [3.05, 3.63) is 0 Å². The van der Waals surface area contributed by atoms with Crippen molar-refractivity contribution in [3.63, 3.8) is 0 Å². The molecule has 100 valence electrons. The van der Waals surface area contributed by atoms with Gasteiger partial charge in [0.15, 0.2) is 0 Å². The molecule has 0 amide bonds. The van der Waals surface area contributed by atoms with Gasteiger partial charge in [-0.2, -0.15) is 0 Å². The molecule has 0 aliphatic carbocycles. The number of esters is 1. The second kappa shape index (κ2) is 6.97. The van der Waals surface area contributed by atoms with Crippen LogP contribution in [0.15, 0.2) is 0 Å². The smallest absolute Gasteiger partial charge is 0.327 e. The summed E-state index contributed by atoms with van der Waals surface area (Å²) in [5, 5.41) is 3.33. The number of piperidine rings is 1. The molecule has 0 aromatic rings. The van der Waals surface area contributed by atoms with Crippen LogP contribution in [0.3, 0.4) is 0 Å². The molecule has 0 saturated carbocycles. The quantitative estimate of drug-likeness (QED) is 0.715. The molecule has 0 spiro atoms. The monoisotopic (exact) mass is 242 g/mol. The average Bonchev–Trinajstić information content (AvgIpc) is 2.36. The molecule has 1 aliphatic rings. The molecular weight excluding hydrogens is 216 g/mol. The maximum absolute atomic E-state index is 11.9. The minimum atomic E-state index is -0.567. The van der Waals surface area contributed by atoms with Crippen molar-refractivity contribution in [1.82, 2.24) is 10.2 Å². The number of likely N-dealkylation sites (tertiary alicyclic amines) is 1. The Kier molecular flexibility index (Phi) is 5.92. The Morgan fingerprint density at radius 2 is 2.00 bits per heavy atom. The van der Waals surface area contributed by atoms with Crippen LogP contribution in [0.1, 0.15) is 39.5 Å². The lowest BCUT2D eigenvalue weighted by molar-refractivity contribution is -0.148. The fraction of sp³-hybridized carbons (Fsp3) is 0.923. The third kappa shape index (κ3) is 4.28. The highest BCUT2D eigenvalue weighted by Crippen LogP contribution is 2.15. The molecule has 0 bridgehead atoms. The summed E-state index contributed by atoms with van der Waals surface area (Å²) in [4.78, 5) is 14.3. The Morgan fingerprint density at radius 1 is 1.35 bits per heavy atom. The summed E-state index contributed by atoms with van der Waals surface area (Å²) < 4.78 is 4.93. The van der Waals surface area contributed by atoms with Gasteiger partial charge in [0.05, 0.1) is 7.11 Å². The number of hydrogen-bond acceptors (Lipinski definition) is 4. The molecule has 17 heavy (non-hydrogen) atoms. The van der Waals surface area contributed by atoms with Gasteiger partial charge in [-0.15, -0.1) is 0 Å². The van der Waals surface area contributed by atoms with E-state index in [-0.39, 0.29) is 5.97 Å². The number of hydrogen-bond donors (Lipinski definition) is 1. The summed E-state index contributed by atoms with van der Waals surface area (Å²) in [5.41, 5.74) is -0.567. The van der Waals surface area contributed by atoms with Gasteiger partial charge in [-0.1, -0.05) is 13.3 Å². The van der Waals surface area contributed by atoms with E-state index in [2.05, 4.69) is 17.1 Å². The molecule has 1 unspecified atom stereocenters. The van der Waals surface area contributed by atoms with E-state index < -0.39 is 5.54 Å². The van der Waals surface area contributed by atoms with E-state index in [9.17, 15) is 4.79 Å². The number of nitrogens with one attached hydrogen (secondary N) is 1. The van der Waals surface area contributed by atoms with Crippen LogP contribution < -0.4 is 5.32 Å². The molecule has 1 saturated heterocycles. The van der Waals surface area contributed by atoms with E-state index in [1.165, 1.54) is 26.4 Å². The number of nitrogens with zero attached hydrogens (tertiary/aromatic N) is 1. The van der Waals surface area contributed by atoms with Crippen molar-refractivity contribution in [2.75, 3.05) is 33.3 Å². The molecule has 4 heteroatoms. The summed E-state index contributed by atoms with van der Waals surface area (Å²) in [6.07, 6.45) is 4.82. The molecule has 1 fully saturated rings. The number of methoxy groups -OCH3 is 1. The lowest BCUT2D eigenvalue weighted by Crippen LogP contribution is -2.58. The zero-order valence-electron chi connectivity index (χ0n) is 11.4. The Bertz CT molecular complexity index is 240. The normalized spacial score (nSPS) is 20.9. The van der Waals surface area contributed by atoms with Gasteiger partial charge in [-0.05, 0) is 45.8 Å². The van der Waals surface area contributed by atoms with Gasteiger partial charge in [-0.25, -0.2) is 0 Å². The van der Waals surface area contributed by atoms with Crippen molar-refractivity contribution in [2.24, 2.45) is 0 Å². The third-order valence-electron chi connectivity index (χ3n) is 3.39. The van der Waals surface area contributed by atoms with Crippen molar-refractivity contribution >= 4 is 5.97 Å². The highest BCUT2D eigenvalue weighted by molar-refractivity contribution is 5.80. The first-order valence-electron chi connectivity index (χ1n) is 6.68. The van der Waals surface area contributed by atoms with Gasteiger partial charge in [0.2, 0.25) is 0 Å². The third-order valence-corrected chi connectivity index (χ3v) is 3.39. The molecular formula is C13H26N2O2. The molecule has 0 aromatic heterocycles. The minimum absolute atomic E-state index is 0.156. The fourth-order valence-electron chi connectivity index (χ4n) is 2.38. The van der Waals surface area contributed by atoms with Gasteiger partial charge in [0, 0.05) is 6.54 Å². The molecule has 1 aliphatic heterocycles. The SMILES string of the molecule is CCCNC(C)(CN1CCCCC1)C(=O)OC. The van der Waals surface area contributed by atoms with Crippen molar-refractivity contribution in [2.45, 2.75) is 45.1 Å². The molecule has 1 heterocycles. The standard InChI is InChI=1S/C13H26N2O2/c1-4-8-14-13(2,12(16)17-3)11-15-9-6-5-7-10-15/h14H,4-11H2,1-3H3. The molecule has 4 nitrogen and oxygen atoms in total. The van der Waals surface area contributed by atoms with Crippen molar-refractivity contribution in [1.29, 1.82) is 0 Å². The van der Waals surface area contributed by atoms with Crippen LogP contribution >= 0.6 is 0 Å². The van der Waals surface area contributed by atoms with Crippen LogP contribution in [-0.4, -0.2) is 49.7 Å². The maximum atomic E-state index is 11.9. The number of carbonyl (C=O) groups excluding carboxylic acids is 1. The largest absolute Gasteiger partial charge is 0.468 e. The number of carbonyl (C=O) groups is 1. The first-order chi connectivity index (χ1) is 8.12. The first kappa shape index (κ1) is 14.5. The van der Waals surface area contributed by atoms with E-state index in [0.29, 0.717) is 0 Å². The number of ether oxygens (including phenoxy) is 1. The number of rotatable bonds is 6. The van der Waals surface area contributed by atoms with E-state index >= 15 is 0 Å². The highest BCUT2D eigenvalue weighted by Gasteiger charge is 2.35. The maximum Gasteiger partial charge on any atom is 0.327 e. The molecule has 0 aromatic carbocycles. The Labute approximate surface area is 105 Å². The fourth-order valence-corrected chi connectivity index (χ4v) is 2.38. The van der Waals surface area contributed by atoms with Gasteiger partial charge in [0.1, 0.15) is 5.54 Å². The summed E-state index contributed by atoms with van der Waals surface area (Å²) in [7, 11) is 1.46. The van der Waals surface area contributed by atoms with Crippen LogP contribution in [-0.2, 0) is 9.53 Å². The van der Waals surface area contributed by atoms with Crippen LogP contribution in [0.5, 0.6) is 0 Å². The molecule has 1 atom stereocenters. The zero-order chi connectivity index (χ0) is 12.7. The van der Waals surface area contributed by atoms with Crippen molar-refractivity contribution < 1.29 is 9.53 Å². The Balaban J connectivity index is 2.57. The van der Waals surface area contributed by atoms with Crippen LogP contribution in [0.4, 0.5) is 0 Å². The second-order valence-corrected chi connectivity index (χ2v) is 5.09. The van der Waals surface area contributed by atoms with Crippen molar-refractivity contribution in [3.8, 4) is 0 Å². The van der Waals surface area contributed by atoms with Crippen LogP contribution in [0, 0.1) is 0 Å². The van der Waals surface area contributed by atoms with Gasteiger partial charge in [-0.3, -0.25) is 4.79 Å². The summed E-state index contributed by atoms with van der Waals surface area (Å²) in [6, 6.07) is 0. The van der Waals surface area contributed by atoms with E-state index in [1.807, 2.05) is 6.92 Å². The summed E-state index contributed by atoms with van der Waals surface area (Å²) in [6.45, 7) is 7.84. The first-order valence-corrected chi connectivity index (χ1v) is 6.68. The van der Waals surface area contributed by atoms with E-state index in [4.69, 9.17) is 4.74 Å². The summed E-state index contributed by atoms with van der Waals surface area (Å²) >= 11 is 0. The van der Waals surface area contributed by atoms with Gasteiger partial charge >= 0.3 is 5.97 Å². The average molecular weight is 242 g/mol. The molecule has 1 N–H and O–H groups in total. The Hall–Kier alpha value is -0.610. The zero-order valence-corrected chi connectivity index (χ0v) is 11.4. The van der Waals surface area contributed by atoms with E-state index in [0.717, 1.165) is 32.6 Å². The topological polar surface area (TPSA) is 41.6 Å².